The Kier molecular flexibility index (Phi) is 5.76. The van der Waals surface area contributed by atoms with Crippen molar-refractivity contribution in [2.45, 2.75) is 51.7 Å². The van der Waals surface area contributed by atoms with Crippen LogP contribution in [0, 0.1) is 0 Å². The summed E-state index contributed by atoms with van der Waals surface area (Å²) in [5, 5.41) is 0. The predicted octanol–water partition coefficient (Wildman–Crippen LogP) is 4.23. The third-order valence-electron chi connectivity index (χ3n) is 4.70. The zero-order valence-electron chi connectivity index (χ0n) is 16.3. The Morgan fingerprint density at radius 2 is 1.44 bits per heavy atom. The Bertz CT molecular complexity index is 775. The number of hydrogen-bond donors (Lipinski definition) is 0. The van der Waals surface area contributed by atoms with Crippen LogP contribution < -0.4 is 0 Å². The van der Waals surface area contributed by atoms with Crippen molar-refractivity contribution in [2.24, 2.45) is 0 Å². The molecule has 27 heavy (non-hydrogen) atoms. The van der Waals surface area contributed by atoms with E-state index in [-0.39, 0.29) is 23.5 Å². The van der Waals surface area contributed by atoms with E-state index in [2.05, 4.69) is 36.4 Å². The fraction of sp³-hybridized carbons (Fsp3) is 0.391. The minimum absolute atomic E-state index is 0.0941. The molecular formula is C23H27NO3. The number of carbonyl (C=O) groups is 2. The highest BCUT2D eigenvalue weighted by atomic mass is 16.5. The van der Waals surface area contributed by atoms with Gasteiger partial charge in [0.1, 0.15) is 0 Å². The van der Waals surface area contributed by atoms with Crippen LogP contribution in [0.15, 0.2) is 54.6 Å². The second kappa shape index (κ2) is 8.05. The topological polar surface area (TPSA) is 46.6 Å². The summed E-state index contributed by atoms with van der Waals surface area (Å²) in [6, 6.07) is 18.2. The quantitative estimate of drug-likeness (QED) is 0.720. The van der Waals surface area contributed by atoms with E-state index in [1.165, 1.54) is 10.5 Å². The Labute approximate surface area is 161 Å². The van der Waals surface area contributed by atoms with Gasteiger partial charge in [-0.3, -0.25) is 14.5 Å². The molecule has 1 heterocycles. The average molecular weight is 365 g/mol. The number of imide groups is 1. The van der Waals surface area contributed by atoms with Crippen LogP contribution in [0.5, 0.6) is 0 Å². The minimum atomic E-state index is -0.318. The summed E-state index contributed by atoms with van der Waals surface area (Å²) in [6.07, 6.45) is 1.21. The smallest absolute Gasteiger partial charge is 0.230 e. The number of nitrogens with zero attached hydrogens (tertiary/aromatic N) is 1. The standard InChI is InChI=1S/C23H27NO3/c1-23(2,3)27-16-20(24-21(25)13-14-22(24)26)15-17-9-11-19(12-10-17)18-7-5-4-6-8-18/h4-12,20H,13-16H2,1-3H3/t20-/m1/s1. The molecule has 0 aromatic heterocycles. The lowest BCUT2D eigenvalue weighted by molar-refractivity contribution is -0.144. The Morgan fingerprint density at radius 1 is 0.889 bits per heavy atom. The van der Waals surface area contributed by atoms with Crippen molar-refractivity contribution in [1.82, 2.24) is 4.90 Å². The van der Waals surface area contributed by atoms with Crippen LogP contribution in [0.1, 0.15) is 39.2 Å². The molecule has 0 radical (unpaired) electrons. The zero-order valence-corrected chi connectivity index (χ0v) is 16.3. The maximum atomic E-state index is 12.2. The predicted molar refractivity (Wildman–Crippen MR) is 106 cm³/mol. The van der Waals surface area contributed by atoms with Gasteiger partial charge in [-0.25, -0.2) is 0 Å². The van der Waals surface area contributed by atoms with Gasteiger partial charge in [0.25, 0.3) is 0 Å². The van der Waals surface area contributed by atoms with Crippen molar-refractivity contribution < 1.29 is 14.3 Å². The molecule has 1 aliphatic heterocycles. The number of amides is 2. The summed E-state index contributed by atoms with van der Waals surface area (Å²) in [4.78, 5) is 25.9. The normalized spacial score (nSPS) is 16.0. The third kappa shape index (κ3) is 5.04. The largest absolute Gasteiger partial charge is 0.374 e. The van der Waals surface area contributed by atoms with E-state index >= 15 is 0 Å². The van der Waals surface area contributed by atoms with Gasteiger partial charge in [0, 0.05) is 12.8 Å². The molecule has 0 bridgehead atoms. The lowest BCUT2D eigenvalue weighted by atomic mass is 10.00. The first-order chi connectivity index (χ1) is 12.8. The lowest BCUT2D eigenvalue weighted by Gasteiger charge is -2.30. The maximum absolute atomic E-state index is 12.2. The highest BCUT2D eigenvalue weighted by molar-refractivity contribution is 6.02. The van der Waals surface area contributed by atoms with Crippen LogP contribution in [-0.2, 0) is 20.7 Å². The van der Waals surface area contributed by atoms with Gasteiger partial charge in [0.2, 0.25) is 11.8 Å². The Hall–Kier alpha value is -2.46. The van der Waals surface area contributed by atoms with Crippen molar-refractivity contribution in [2.75, 3.05) is 6.61 Å². The van der Waals surface area contributed by atoms with Crippen molar-refractivity contribution >= 4 is 11.8 Å². The van der Waals surface area contributed by atoms with E-state index in [0.29, 0.717) is 25.9 Å². The second-order valence-electron chi connectivity index (χ2n) is 8.00. The molecular weight excluding hydrogens is 338 g/mol. The van der Waals surface area contributed by atoms with Crippen LogP contribution in [0.2, 0.25) is 0 Å². The van der Waals surface area contributed by atoms with Crippen molar-refractivity contribution in [3.8, 4) is 11.1 Å². The van der Waals surface area contributed by atoms with Gasteiger partial charge in [-0.05, 0) is 43.9 Å². The molecule has 2 amide bonds. The summed E-state index contributed by atoms with van der Waals surface area (Å²) in [6.45, 7) is 6.28. The summed E-state index contributed by atoms with van der Waals surface area (Å²) < 4.78 is 5.92. The first kappa shape index (κ1) is 19.3. The molecule has 1 saturated heterocycles. The average Bonchev–Trinajstić information content (AvgIpc) is 2.98. The fourth-order valence-electron chi connectivity index (χ4n) is 3.31. The van der Waals surface area contributed by atoms with E-state index < -0.39 is 0 Å². The first-order valence-corrected chi connectivity index (χ1v) is 9.47. The fourth-order valence-corrected chi connectivity index (χ4v) is 3.31. The van der Waals surface area contributed by atoms with Crippen molar-refractivity contribution in [3.05, 3.63) is 60.2 Å². The van der Waals surface area contributed by atoms with Crippen molar-refractivity contribution in [1.29, 1.82) is 0 Å². The summed E-state index contributed by atoms with van der Waals surface area (Å²) in [5.74, 6) is -0.188. The van der Waals surface area contributed by atoms with E-state index in [1.54, 1.807) is 0 Å². The van der Waals surface area contributed by atoms with Crippen LogP contribution in [0.25, 0.3) is 11.1 Å². The minimum Gasteiger partial charge on any atom is -0.374 e. The number of benzene rings is 2. The molecule has 0 unspecified atom stereocenters. The molecule has 0 N–H and O–H groups in total. The molecule has 1 aliphatic rings. The zero-order chi connectivity index (χ0) is 19.4. The maximum Gasteiger partial charge on any atom is 0.230 e. The number of hydrogen-bond acceptors (Lipinski definition) is 3. The molecule has 0 saturated carbocycles. The molecule has 2 aromatic rings. The summed E-state index contributed by atoms with van der Waals surface area (Å²) in [5.41, 5.74) is 3.09. The summed E-state index contributed by atoms with van der Waals surface area (Å²) in [7, 11) is 0. The molecule has 3 rings (SSSR count). The first-order valence-electron chi connectivity index (χ1n) is 9.47. The highest BCUT2D eigenvalue weighted by Gasteiger charge is 2.35. The molecule has 1 fully saturated rings. The number of carbonyl (C=O) groups excluding carboxylic acids is 2. The second-order valence-corrected chi connectivity index (χ2v) is 8.00. The molecule has 4 heteroatoms. The van der Waals surface area contributed by atoms with E-state index in [0.717, 1.165) is 11.1 Å². The van der Waals surface area contributed by atoms with E-state index in [1.807, 2.05) is 39.0 Å². The molecule has 1 atom stereocenters. The van der Waals surface area contributed by atoms with Crippen LogP contribution in [0.4, 0.5) is 0 Å². The third-order valence-corrected chi connectivity index (χ3v) is 4.70. The van der Waals surface area contributed by atoms with Gasteiger partial charge < -0.3 is 4.74 Å². The van der Waals surface area contributed by atoms with E-state index in [4.69, 9.17) is 4.74 Å². The lowest BCUT2D eigenvalue weighted by Crippen LogP contribution is -2.45. The number of likely N-dealkylation sites (tertiary alicyclic amines) is 1. The van der Waals surface area contributed by atoms with Crippen LogP contribution >= 0.6 is 0 Å². The SMILES string of the molecule is CC(C)(C)OC[C@@H](Cc1ccc(-c2ccccc2)cc1)N1C(=O)CCC1=O. The monoisotopic (exact) mass is 365 g/mol. The molecule has 4 nitrogen and oxygen atoms in total. The van der Waals surface area contributed by atoms with Crippen molar-refractivity contribution in [3.63, 3.8) is 0 Å². The van der Waals surface area contributed by atoms with Gasteiger partial charge in [-0.2, -0.15) is 0 Å². The van der Waals surface area contributed by atoms with Gasteiger partial charge in [0.05, 0.1) is 18.2 Å². The number of rotatable bonds is 6. The van der Waals surface area contributed by atoms with Crippen LogP contribution in [-0.4, -0.2) is 35.0 Å². The Morgan fingerprint density at radius 3 is 2.00 bits per heavy atom. The van der Waals surface area contributed by atoms with Gasteiger partial charge in [-0.15, -0.1) is 0 Å². The van der Waals surface area contributed by atoms with Gasteiger partial charge in [0.15, 0.2) is 0 Å². The molecule has 0 aliphatic carbocycles. The van der Waals surface area contributed by atoms with E-state index in [9.17, 15) is 9.59 Å². The van der Waals surface area contributed by atoms with Gasteiger partial charge in [-0.1, -0.05) is 54.6 Å². The van der Waals surface area contributed by atoms with Gasteiger partial charge >= 0.3 is 0 Å². The number of ether oxygens (including phenoxy) is 1. The highest BCUT2D eigenvalue weighted by Crippen LogP contribution is 2.23. The summed E-state index contributed by atoms with van der Waals surface area (Å²) >= 11 is 0. The molecule has 2 aromatic carbocycles. The molecule has 142 valence electrons. The Balaban J connectivity index is 1.77. The molecule has 0 spiro atoms. The van der Waals surface area contributed by atoms with Crippen LogP contribution in [0.3, 0.4) is 0 Å².